The van der Waals surface area contributed by atoms with Crippen LogP contribution in [0.25, 0.3) is 17.3 Å². The summed E-state index contributed by atoms with van der Waals surface area (Å²) in [6, 6.07) is 5.10. The first-order valence-electron chi connectivity index (χ1n) is 12.1. The Morgan fingerprint density at radius 1 is 1.17 bits per heavy atom. The van der Waals surface area contributed by atoms with Gasteiger partial charge in [-0.15, -0.1) is 0 Å². The lowest BCUT2D eigenvalue weighted by molar-refractivity contribution is -0.138. The fourth-order valence-electron chi connectivity index (χ4n) is 4.03. The van der Waals surface area contributed by atoms with Crippen LogP contribution in [0.4, 0.5) is 33.7 Å². The molecule has 0 spiro atoms. The lowest BCUT2D eigenvalue weighted by Gasteiger charge is -2.15. The molecule has 0 unspecified atom stereocenters. The molecule has 2 bridgehead atoms. The van der Waals surface area contributed by atoms with Gasteiger partial charge in [-0.05, 0) is 42.8 Å². The van der Waals surface area contributed by atoms with Gasteiger partial charge in [0.2, 0.25) is 11.8 Å². The second-order valence-electron chi connectivity index (χ2n) is 8.84. The van der Waals surface area contributed by atoms with Gasteiger partial charge in [0, 0.05) is 29.3 Å². The Morgan fingerprint density at radius 2 is 1.93 bits per heavy atom. The zero-order valence-electron chi connectivity index (χ0n) is 21.5. The van der Waals surface area contributed by atoms with Gasteiger partial charge in [-0.25, -0.2) is 14.2 Å². The fourth-order valence-corrected chi connectivity index (χ4v) is 4.44. The summed E-state index contributed by atoms with van der Waals surface area (Å²) < 4.78 is 59.2. The molecule has 3 amide bonds. The lowest BCUT2D eigenvalue weighted by Crippen LogP contribution is -2.27. The fraction of sp³-hybridized carbons (Fsp3) is 0.185. The van der Waals surface area contributed by atoms with Crippen molar-refractivity contribution in [3.8, 4) is 11.3 Å². The zero-order chi connectivity index (χ0) is 30.6. The third-order valence-electron chi connectivity index (χ3n) is 5.99. The molecule has 1 aromatic heterocycles. The van der Waals surface area contributed by atoms with E-state index in [1.165, 1.54) is 19.2 Å². The number of carbonyl (C=O) groups excluding carboxylic acids is 3. The van der Waals surface area contributed by atoms with Gasteiger partial charge < -0.3 is 20.4 Å². The average Bonchev–Trinajstić information content (AvgIpc) is 3.31. The van der Waals surface area contributed by atoms with Crippen LogP contribution in [-0.4, -0.2) is 35.0 Å². The van der Waals surface area contributed by atoms with E-state index >= 15 is 0 Å². The Morgan fingerprint density at radius 3 is 2.64 bits per heavy atom. The molecule has 15 heteroatoms. The summed E-state index contributed by atoms with van der Waals surface area (Å²) in [5.41, 5.74) is -1.01. The quantitative estimate of drug-likeness (QED) is 0.143. The van der Waals surface area contributed by atoms with Crippen molar-refractivity contribution in [2.75, 3.05) is 17.7 Å². The molecule has 0 radical (unpaired) electrons. The Hall–Kier alpha value is -4.36. The molecule has 0 saturated carbocycles. The highest BCUT2D eigenvalue weighted by molar-refractivity contribution is 6.32. The molecular formula is C27H21Cl2F4N5O4. The minimum atomic E-state index is -4.89. The summed E-state index contributed by atoms with van der Waals surface area (Å²) in [6.45, 7) is 0. The third kappa shape index (κ3) is 7.09. The Bertz CT molecular complexity index is 1600. The number of H-pyrrole nitrogens is 1. The highest BCUT2D eigenvalue weighted by atomic mass is 35.5. The Balaban J connectivity index is 1.66. The topological polar surface area (TPSA) is 125 Å². The number of alkyl halides is 3. The number of halogens is 6. The molecule has 1 aliphatic rings. The van der Waals surface area contributed by atoms with Crippen molar-refractivity contribution in [3.05, 3.63) is 81.5 Å². The van der Waals surface area contributed by atoms with E-state index < -0.39 is 52.1 Å². The molecule has 4 N–H and O–H groups in total. The SMILES string of the molecule is COC(=O)Nc1ccc2c(c1)NC(=O)C/C=C/C[C@H](NC(=O)/C=C/c1c(C(F)(F)F)ccc(Cl)c1F)c1nc-2c(Cl)[nH]1. The second-order valence-corrected chi connectivity index (χ2v) is 9.62. The van der Waals surface area contributed by atoms with Crippen molar-refractivity contribution in [3.63, 3.8) is 0 Å². The number of imidazole rings is 1. The van der Waals surface area contributed by atoms with Gasteiger partial charge in [0.25, 0.3) is 0 Å². The number of nitrogens with one attached hydrogen (secondary N) is 4. The van der Waals surface area contributed by atoms with E-state index in [2.05, 4.69) is 30.7 Å². The van der Waals surface area contributed by atoms with E-state index in [1.54, 1.807) is 18.2 Å². The number of aromatic nitrogens is 2. The molecule has 1 atom stereocenters. The summed E-state index contributed by atoms with van der Waals surface area (Å²) in [5.74, 6) is -2.39. The standard InChI is InChI=1S/C27H21Cl2F4N5O4/c1-42-26(41)34-13-6-7-15-19(12-13)36-20(39)5-3-2-4-18(25-37-23(15)24(29)38-25)35-21(40)11-8-14-16(27(31,32)33)9-10-17(28)22(14)30/h2-3,6-12,18H,4-5H2,1H3,(H,34,41)(H,35,40)(H,36,39)(H,37,38)/b3-2+,11-8+/t18-/m0/s1. The molecule has 2 aromatic carbocycles. The average molecular weight is 626 g/mol. The summed E-state index contributed by atoms with van der Waals surface area (Å²) in [6.07, 6.45) is -0.970. The summed E-state index contributed by atoms with van der Waals surface area (Å²) in [4.78, 5) is 44.4. The van der Waals surface area contributed by atoms with E-state index in [4.69, 9.17) is 23.2 Å². The smallest absolute Gasteiger partial charge is 0.417 e. The summed E-state index contributed by atoms with van der Waals surface area (Å²) in [5, 5.41) is 7.35. The van der Waals surface area contributed by atoms with Gasteiger partial charge >= 0.3 is 12.3 Å². The number of rotatable bonds is 4. The second kappa shape index (κ2) is 12.7. The molecule has 0 aliphatic carbocycles. The number of nitrogens with zero attached hydrogens (tertiary/aromatic N) is 1. The first kappa shape index (κ1) is 30.6. The predicted octanol–water partition coefficient (Wildman–Crippen LogP) is 6.88. The minimum Gasteiger partial charge on any atom is -0.453 e. The highest BCUT2D eigenvalue weighted by Crippen LogP contribution is 2.37. The van der Waals surface area contributed by atoms with Gasteiger partial charge in [0.15, 0.2) is 0 Å². The van der Waals surface area contributed by atoms with Crippen molar-refractivity contribution in [1.82, 2.24) is 15.3 Å². The molecule has 0 saturated heterocycles. The van der Waals surface area contributed by atoms with Crippen LogP contribution in [0.1, 0.15) is 35.8 Å². The van der Waals surface area contributed by atoms with Crippen LogP contribution < -0.4 is 16.0 Å². The van der Waals surface area contributed by atoms with Gasteiger partial charge in [-0.3, -0.25) is 14.9 Å². The van der Waals surface area contributed by atoms with E-state index in [0.717, 1.165) is 12.1 Å². The maximum Gasteiger partial charge on any atom is 0.417 e. The van der Waals surface area contributed by atoms with Crippen LogP contribution in [0, 0.1) is 5.82 Å². The Labute approximate surface area is 245 Å². The van der Waals surface area contributed by atoms with Gasteiger partial charge in [0.05, 0.1) is 29.4 Å². The Kier molecular flexibility index (Phi) is 9.22. The molecule has 4 rings (SSSR count). The van der Waals surface area contributed by atoms with Crippen molar-refractivity contribution in [2.45, 2.75) is 25.1 Å². The first-order chi connectivity index (χ1) is 19.9. The highest BCUT2D eigenvalue weighted by Gasteiger charge is 2.34. The molecule has 220 valence electrons. The predicted molar refractivity (Wildman–Crippen MR) is 148 cm³/mol. The van der Waals surface area contributed by atoms with Crippen LogP contribution in [0.5, 0.6) is 0 Å². The molecule has 0 fully saturated rings. The van der Waals surface area contributed by atoms with E-state index in [0.29, 0.717) is 23.4 Å². The number of aromatic amines is 1. The van der Waals surface area contributed by atoms with E-state index in [1.807, 2.05) is 0 Å². The number of anilines is 2. The summed E-state index contributed by atoms with van der Waals surface area (Å²) >= 11 is 12.1. The van der Waals surface area contributed by atoms with Gasteiger partial charge in [-0.2, -0.15) is 13.2 Å². The number of fused-ring (bicyclic) bond motifs is 4. The van der Waals surface area contributed by atoms with Gasteiger partial charge in [0.1, 0.15) is 22.5 Å². The van der Waals surface area contributed by atoms with Crippen LogP contribution in [0.2, 0.25) is 10.2 Å². The normalized spacial score (nSPS) is 16.1. The van der Waals surface area contributed by atoms with Crippen LogP contribution in [-0.2, 0) is 20.5 Å². The van der Waals surface area contributed by atoms with E-state index in [9.17, 15) is 31.9 Å². The summed E-state index contributed by atoms with van der Waals surface area (Å²) in [7, 11) is 1.20. The van der Waals surface area contributed by atoms with Crippen LogP contribution >= 0.6 is 23.2 Å². The van der Waals surface area contributed by atoms with Crippen molar-refractivity contribution >= 4 is 58.6 Å². The monoisotopic (exact) mass is 625 g/mol. The third-order valence-corrected chi connectivity index (χ3v) is 6.55. The molecular weight excluding hydrogens is 605 g/mol. The molecule has 2 heterocycles. The number of hydrogen-bond acceptors (Lipinski definition) is 5. The maximum absolute atomic E-state index is 14.4. The number of amides is 3. The molecule has 1 aliphatic heterocycles. The maximum atomic E-state index is 14.4. The van der Waals surface area contributed by atoms with E-state index in [-0.39, 0.29) is 35.2 Å². The number of methoxy groups -OCH3 is 1. The first-order valence-corrected chi connectivity index (χ1v) is 12.9. The minimum absolute atomic E-state index is 0.0460. The van der Waals surface area contributed by atoms with Crippen molar-refractivity contribution in [2.24, 2.45) is 0 Å². The van der Waals surface area contributed by atoms with Crippen LogP contribution in [0.15, 0.2) is 48.6 Å². The number of carbonyl (C=O) groups is 3. The lowest BCUT2D eigenvalue weighted by atomic mass is 10.1. The molecule has 3 aromatic rings. The number of hydrogen-bond donors (Lipinski definition) is 4. The van der Waals surface area contributed by atoms with Crippen LogP contribution in [0.3, 0.4) is 0 Å². The zero-order valence-corrected chi connectivity index (χ0v) is 23.0. The molecule has 42 heavy (non-hydrogen) atoms. The van der Waals surface area contributed by atoms with Crippen molar-refractivity contribution < 1.29 is 36.7 Å². The molecule has 9 nitrogen and oxygen atoms in total. The van der Waals surface area contributed by atoms with Gasteiger partial charge in [-0.1, -0.05) is 35.4 Å². The number of ether oxygens (including phenoxy) is 1. The number of benzene rings is 2. The van der Waals surface area contributed by atoms with Crippen molar-refractivity contribution in [1.29, 1.82) is 0 Å². The largest absolute Gasteiger partial charge is 0.453 e.